The summed E-state index contributed by atoms with van der Waals surface area (Å²) in [5.41, 5.74) is 1.47. The lowest BCUT2D eigenvalue weighted by atomic mass is 9.89. The van der Waals surface area contributed by atoms with E-state index in [1.54, 1.807) is 4.90 Å². The van der Waals surface area contributed by atoms with Crippen molar-refractivity contribution in [2.24, 2.45) is 5.92 Å². The Hall–Kier alpha value is -2.04. The number of benzene rings is 1. The third-order valence-corrected chi connectivity index (χ3v) is 4.10. The second-order valence-electron chi connectivity index (χ2n) is 5.31. The minimum absolute atomic E-state index is 0.424. The highest BCUT2D eigenvalue weighted by atomic mass is 16.4. The maximum Gasteiger partial charge on any atom is 0.326 e. The summed E-state index contributed by atoms with van der Waals surface area (Å²) >= 11 is 0. The minimum atomic E-state index is -0.801. The van der Waals surface area contributed by atoms with Gasteiger partial charge in [0.1, 0.15) is 11.6 Å². The first-order valence-corrected chi connectivity index (χ1v) is 7.04. The van der Waals surface area contributed by atoms with Crippen LogP contribution in [0.1, 0.15) is 26.2 Å². The first-order chi connectivity index (χ1) is 9.69. The molecule has 0 radical (unpaired) electrons. The Morgan fingerprint density at radius 1 is 1.50 bits per heavy atom. The van der Waals surface area contributed by atoms with Gasteiger partial charge in [-0.05, 0) is 30.9 Å². The fourth-order valence-electron chi connectivity index (χ4n) is 2.86. The summed E-state index contributed by atoms with van der Waals surface area (Å²) < 4.78 is 5.71. The van der Waals surface area contributed by atoms with E-state index in [2.05, 4.69) is 11.9 Å². The van der Waals surface area contributed by atoms with Crippen molar-refractivity contribution in [3.05, 3.63) is 24.3 Å². The summed E-state index contributed by atoms with van der Waals surface area (Å²) in [6, 6.07) is 7.38. The van der Waals surface area contributed by atoms with Crippen molar-refractivity contribution in [2.45, 2.75) is 32.2 Å². The third kappa shape index (κ3) is 2.24. The molecule has 2 heterocycles. The zero-order valence-electron chi connectivity index (χ0n) is 11.5. The molecule has 106 valence electrons. The molecule has 5 heteroatoms. The summed E-state index contributed by atoms with van der Waals surface area (Å²) in [7, 11) is 0. The Balaban J connectivity index is 1.92. The molecular weight excluding hydrogens is 256 g/mol. The number of hydrogen-bond acceptors (Lipinski definition) is 4. The van der Waals surface area contributed by atoms with E-state index in [0.29, 0.717) is 30.5 Å². The molecule has 0 bridgehead atoms. The van der Waals surface area contributed by atoms with Gasteiger partial charge in [-0.15, -0.1) is 0 Å². The van der Waals surface area contributed by atoms with Gasteiger partial charge in [0, 0.05) is 6.54 Å². The molecule has 2 aromatic rings. The number of hydrogen-bond donors (Lipinski definition) is 1. The van der Waals surface area contributed by atoms with Crippen molar-refractivity contribution in [3.8, 4) is 0 Å². The number of carboxylic acid groups (broad SMARTS) is 1. The van der Waals surface area contributed by atoms with Crippen LogP contribution in [0.3, 0.4) is 0 Å². The molecule has 1 fully saturated rings. The number of anilines is 1. The highest BCUT2D eigenvalue weighted by Crippen LogP contribution is 2.31. The smallest absolute Gasteiger partial charge is 0.326 e. The van der Waals surface area contributed by atoms with Crippen LogP contribution in [0.5, 0.6) is 0 Å². The molecule has 1 saturated heterocycles. The maximum absolute atomic E-state index is 11.5. The van der Waals surface area contributed by atoms with E-state index in [-0.39, 0.29) is 0 Å². The van der Waals surface area contributed by atoms with Gasteiger partial charge in [0.15, 0.2) is 5.58 Å². The van der Waals surface area contributed by atoms with Gasteiger partial charge in [0.25, 0.3) is 6.01 Å². The molecule has 3 rings (SSSR count). The highest BCUT2D eigenvalue weighted by molar-refractivity contribution is 5.79. The fraction of sp³-hybridized carbons (Fsp3) is 0.467. The van der Waals surface area contributed by atoms with Gasteiger partial charge >= 0.3 is 5.97 Å². The van der Waals surface area contributed by atoms with Crippen LogP contribution in [0, 0.1) is 5.92 Å². The number of piperidine rings is 1. The largest absolute Gasteiger partial charge is 0.480 e. The van der Waals surface area contributed by atoms with E-state index in [0.717, 1.165) is 18.4 Å². The van der Waals surface area contributed by atoms with Crippen LogP contribution >= 0.6 is 0 Å². The molecule has 1 N–H and O–H groups in total. The molecule has 1 aliphatic rings. The second-order valence-corrected chi connectivity index (χ2v) is 5.31. The number of para-hydroxylation sites is 2. The van der Waals surface area contributed by atoms with Crippen LogP contribution in [0.4, 0.5) is 6.01 Å². The summed E-state index contributed by atoms with van der Waals surface area (Å²) in [5, 5.41) is 9.45. The van der Waals surface area contributed by atoms with Crippen molar-refractivity contribution in [3.63, 3.8) is 0 Å². The fourth-order valence-corrected chi connectivity index (χ4v) is 2.86. The normalized spacial score (nSPS) is 23.1. The summed E-state index contributed by atoms with van der Waals surface area (Å²) in [6.45, 7) is 2.79. The number of carbonyl (C=O) groups is 1. The number of oxazole rings is 1. The molecule has 0 aliphatic carbocycles. The Morgan fingerprint density at radius 3 is 3.00 bits per heavy atom. The average Bonchev–Trinajstić information content (AvgIpc) is 2.90. The van der Waals surface area contributed by atoms with Gasteiger partial charge in [-0.2, -0.15) is 4.98 Å². The van der Waals surface area contributed by atoms with Crippen LogP contribution < -0.4 is 4.90 Å². The summed E-state index contributed by atoms with van der Waals surface area (Å²) in [6.07, 6.45) is 2.66. The summed E-state index contributed by atoms with van der Waals surface area (Å²) in [4.78, 5) is 17.7. The van der Waals surface area contributed by atoms with Crippen molar-refractivity contribution in [1.82, 2.24) is 4.98 Å². The monoisotopic (exact) mass is 274 g/mol. The van der Waals surface area contributed by atoms with Gasteiger partial charge in [-0.3, -0.25) is 0 Å². The Kier molecular flexibility index (Phi) is 3.34. The predicted molar refractivity (Wildman–Crippen MR) is 75.8 cm³/mol. The Morgan fingerprint density at radius 2 is 2.30 bits per heavy atom. The van der Waals surface area contributed by atoms with E-state index in [1.807, 2.05) is 24.3 Å². The number of rotatable bonds is 3. The Labute approximate surface area is 117 Å². The van der Waals surface area contributed by atoms with Crippen molar-refractivity contribution < 1.29 is 14.3 Å². The zero-order valence-corrected chi connectivity index (χ0v) is 11.5. The van der Waals surface area contributed by atoms with E-state index >= 15 is 0 Å². The van der Waals surface area contributed by atoms with E-state index in [4.69, 9.17) is 4.42 Å². The molecule has 20 heavy (non-hydrogen) atoms. The van der Waals surface area contributed by atoms with Gasteiger partial charge in [-0.25, -0.2) is 4.79 Å². The summed E-state index contributed by atoms with van der Waals surface area (Å²) in [5.74, 6) is -0.331. The quantitative estimate of drug-likeness (QED) is 0.932. The molecule has 0 saturated carbocycles. The lowest BCUT2D eigenvalue weighted by molar-refractivity contribution is -0.139. The molecule has 0 amide bonds. The number of nitrogens with zero attached hydrogens (tertiary/aromatic N) is 2. The van der Waals surface area contributed by atoms with E-state index in [1.165, 1.54) is 0 Å². The SMILES string of the molecule is CCC1CCN(c2nc3ccccc3o2)C(C(=O)O)C1. The lowest BCUT2D eigenvalue weighted by Crippen LogP contribution is -2.47. The van der Waals surface area contributed by atoms with Gasteiger partial charge < -0.3 is 14.4 Å². The second kappa shape index (κ2) is 5.15. The standard InChI is InChI=1S/C15H18N2O3/c1-2-10-7-8-17(12(9-10)14(18)19)15-16-11-5-3-4-6-13(11)20-15/h3-6,10,12H,2,7-9H2,1H3,(H,18,19). The van der Waals surface area contributed by atoms with Crippen LogP contribution in [-0.4, -0.2) is 28.6 Å². The van der Waals surface area contributed by atoms with Crippen LogP contribution in [0.15, 0.2) is 28.7 Å². The molecule has 1 aromatic carbocycles. The minimum Gasteiger partial charge on any atom is -0.480 e. The molecule has 2 unspecified atom stereocenters. The van der Waals surface area contributed by atoms with Gasteiger partial charge in [0.2, 0.25) is 0 Å². The first kappa shape index (κ1) is 13.0. The third-order valence-electron chi connectivity index (χ3n) is 4.10. The lowest BCUT2D eigenvalue weighted by Gasteiger charge is -2.35. The van der Waals surface area contributed by atoms with Gasteiger partial charge in [-0.1, -0.05) is 25.5 Å². The first-order valence-electron chi connectivity index (χ1n) is 7.04. The van der Waals surface area contributed by atoms with Crippen LogP contribution in [0.25, 0.3) is 11.1 Å². The van der Waals surface area contributed by atoms with Crippen LogP contribution in [-0.2, 0) is 4.79 Å². The maximum atomic E-state index is 11.5. The molecular formula is C15H18N2O3. The average molecular weight is 274 g/mol. The van der Waals surface area contributed by atoms with E-state index in [9.17, 15) is 9.90 Å². The predicted octanol–water partition coefficient (Wildman–Crippen LogP) is 2.91. The zero-order chi connectivity index (χ0) is 14.1. The number of carboxylic acids is 1. The number of fused-ring (bicyclic) bond motifs is 1. The molecule has 0 spiro atoms. The van der Waals surface area contributed by atoms with Crippen molar-refractivity contribution in [1.29, 1.82) is 0 Å². The molecule has 2 atom stereocenters. The van der Waals surface area contributed by atoms with E-state index < -0.39 is 12.0 Å². The Bertz CT molecular complexity index is 589. The molecule has 5 nitrogen and oxygen atoms in total. The molecule has 1 aromatic heterocycles. The highest BCUT2D eigenvalue weighted by Gasteiger charge is 2.35. The number of aromatic nitrogens is 1. The van der Waals surface area contributed by atoms with Crippen LogP contribution in [0.2, 0.25) is 0 Å². The topological polar surface area (TPSA) is 66.6 Å². The molecule has 1 aliphatic heterocycles. The van der Waals surface area contributed by atoms with Gasteiger partial charge in [0.05, 0.1) is 0 Å². The van der Waals surface area contributed by atoms with Crippen molar-refractivity contribution in [2.75, 3.05) is 11.4 Å². The van der Waals surface area contributed by atoms with Crippen molar-refractivity contribution >= 4 is 23.1 Å². The number of aliphatic carboxylic acids is 1.